The van der Waals surface area contributed by atoms with E-state index in [1.165, 1.54) is 6.42 Å². The minimum atomic E-state index is -0.701. The predicted molar refractivity (Wildman–Crippen MR) is 111 cm³/mol. The summed E-state index contributed by atoms with van der Waals surface area (Å²) in [5.41, 5.74) is 2.65. The summed E-state index contributed by atoms with van der Waals surface area (Å²) in [5.74, 6) is 2.10. The summed E-state index contributed by atoms with van der Waals surface area (Å²) in [6.45, 7) is 7.09. The second-order valence-corrected chi connectivity index (χ2v) is 11.5. The average Bonchev–Trinajstić information content (AvgIpc) is 3.03. The third-order valence-electron chi connectivity index (χ3n) is 10.4. The normalized spacial score (nSPS) is 50.3. The molecule has 2 unspecified atom stereocenters. The smallest absolute Gasteiger partial charge is 0.303 e. The van der Waals surface area contributed by atoms with Gasteiger partial charge in [-0.2, -0.15) is 5.54 Å². The molecule has 4 saturated carbocycles. The number of rotatable bonds is 5. The van der Waals surface area contributed by atoms with Crippen LogP contribution in [0.1, 0.15) is 85.0 Å². The number of aliphatic carboxylic acids is 1. The summed E-state index contributed by atoms with van der Waals surface area (Å²) in [6, 6.07) is -0.0962. The molecule has 0 amide bonds. The zero-order valence-electron chi connectivity index (χ0n) is 18.4. The Balaban J connectivity index is 1.58. The van der Waals surface area contributed by atoms with Gasteiger partial charge in [-0.1, -0.05) is 20.8 Å². The van der Waals surface area contributed by atoms with Crippen molar-refractivity contribution in [2.24, 2.45) is 46.3 Å². The van der Waals surface area contributed by atoms with Crippen LogP contribution in [0.25, 0.3) is 0 Å². The van der Waals surface area contributed by atoms with E-state index in [1.54, 1.807) is 0 Å². The van der Waals surface area contributed by atoms with Crippen LogP contribution in [0.5, 0.6) is 0 Å². The van der Waals surface area contributed by atoms with Gasteiger partial charge in [0.15, 0.2) is 0 Å². The molecule has 4 aliphatic rings. The second kappa shape index (κ2) is 7.78. The van der Waals surface area contributed by atoms with Crippen LogP contribution in [0.3, 0.4) is 0 Å². The van der Waals surface area contributed by atoms with E-state index in [-0.39, 0.29) is 29.4 Å². The van der Waals surface area contributed by atoms with Gasteiger partial charge in [0.1, 0.15) is 0 Å². The van der Waals surface area contributed by atoms with E-state index >= 15 is 0 Å². The molecule has 5 heteroatoms. The number of carboxylic acids is 1. The summed E-state index contributed by atoms with van der Waals surface area (Å²) in [4.78, 5) is 11.1. The Kier molecular flexibility index (Phi) is 5.78. The zero-order chi connectivity index (χ0) is 21.0. The van der Waals surface area contributed by atoms with Gasteiger partial charge in [-0.05, 0) is 104 Å². The van der Waals surface area contributed by atoms with Crippen LogP contribution in [0.2, 0.25) is 0 Å². The molecule has 0 aromatic carbocycles. The molecule has 166 valence electrons. The molecule has 3 N–H and O–H groups in total. The molecule has 0 aromatic rings. The molecule has 0 aromatic heterocycles. The lowest BCUT2D eigenvalue weighted by Gasteiger charge is -2.63. The third-order valence-corrected chi connectivity index (χ3v) is 10.4. The van der Waals surface area contributed by atoms with E-state index in [1.807, 2.05) is 0 Å². The number of carbonyl (C=O) groups is 1. The Bertz CT molecular complexity index is 629. The van der Waals surface area contributed by atoms with Crippen LogP contribution < -0.4 is 5.54 Å². The lowest BCUT2D eigenvalue weighted by atomic mass is 9.43. The van der Waals surface area contributed by atoms with Crippen molar-refractivity contribution in [3.8, 4) is 0 Å². The number of halogens is 1. The highest BCUT2D eigenvalue weighted by molar-refractivity contribution is 5.66. The number of hydrogen-bond acceptors (Lipinski definition) is 3. The third kappa shape index (κ3) is 3.44. The summed E-state index contributed by atoms with van der Waals surface area (Å²) in [7, 11) is 0. The summed E-state index contributed by atoms with van der Waals surface area (Å²) in [5, 5.41) is 19.4. The quantitative estimate of drug-likeness (QED) is 0.561. The van der Waals surface area contributed by atoms with E-state index in [2.05, 4.69) is 26.3 Å². The summed E-state index contributed by atoms with van der Waals surface area (Å²) < 4.78 is 14.1. The largest absolute Gasteiger partial charge is 0.481 e. The molecule has 29 heavy (non-hydrogen) atoms. The van der Waals surface area contributed by atoms with Crippen molar-refractivity contribution in [2.75, 3.05) is 0 Å². The lowest BCUT2D eigenvalue weighted by molar-refractivity contribution is -0.149. The van der Waals surface area contributed by atoms with Gasteiger partial charge in [0.25, 0.3) is 0 Å². The lowest BCUT2D eigenvalue weighted by Crippen LogP contribution is -2.60. The molecule has 0 heterocycles. The van der Waals surface area contributed by atoms with E-state index in [4.69, 9.17) is 5.11 Å². The summed E-state index contributed by atoms with van der Waals surface area (Å²) in [6.07, 6.45) is 9.06. The van der Waals surface area contributed by atoms with E-state index in [0.29, 0.717) is 35.5 Å². The van der Waals surface area contributed by atoms with Crippen molar-refractivity contribution >= 4 is 5.97 Å². The van der Waals surface area contributed by atoms with Crippen molar-refractivity contribution < 1.29 is 19.5 Å². The molecule has 0 saturated heterocycles. The fourth-order valence-corrected chi connectivity index (χ4v) is 8.88. The molecule has 0 bridgehead atoms. The van der Waals surface area contributed by atoms with Crippen LogP contribution in [-0.4, -0.2) is 28.3 Å². The van der Waals surface area contributed by atoms with Crippen LogP contribution >= 0.6 is 0 Å². The van der Waals surface area contributed by atoms with Gasteiger partial charge >= 0.3 is 5.97 Å². The van der Waals surface area contributed by atoms with Gasteiger partial charge < -0.3 is 10.2 Å². The van der Waals surface area contributed by atoms with Gasteiger partial charge in [0, 0.05) is 12.5 Å². The maximum Gasteiger partial charge on any atom is 0.303 e. The van der Waals surface area contributed by atoms with Crippen LogP contribution in [-0.2, 0) is 4.79 Å². The Labute approximate surface area is 175 Å². The average molecular weight is 410 g/mol. The molecule has 10 atom stereocenters. The maximum absolute atomic E-state index is 14.1. The highest BCUT2D eigenvalue weighted by Crippen LogP contribution is 2.68. The number of fused-ring (bicyclic) bond motifs is 5. The fourth-order valence-electron chi connectivity index (χ4n) is 8.88. The first kappa shape index (κ1) is 21.5. The number of nitrogens with one attached hydrogen (secondary N) is 1. The Morgan fingerprint density at radius 1 is 1.10 bits per heavy atom. The first-order valence-electron chi connectivity index (χ1n) is 12.0. The minimum Gasteiger partial charge on any atom is -0.481 e. The number of aliphatic hydroxyl groups is 1. The second-order valence-electron chi connectivity index (χ2n) is 11.5. The summed E-state index contributed by atoms with van der Waals surface area (Å²) >= 11 is 0. The molecular weight excluding hydrogens is 369 g/mol. The SMILES string of the molecule is C[C@H](CCC(=O)O)C1CC[C@H]2[C@@H]3C(NF)C[C@@H]4C[C@H](O)CC[C@]4(C)[C@H]3CC[C@]12C. The standard InChI is InChI=1S/C24H40FNO3/c1-14(4-7-21(28)29)17-5-6-18-22-19(9-11-24(17,18)3)23(2)10-8-16(27)12-15(23)13-20(22)26-25/h14-20,22,26-27H,4-13H2,1-3H3,(H,28,29)/t14-,15+,16-,17?,18+,19+,20?,22+,23+,24-/m1/s1. The minimum absolute atomic E-state index is 0.0962. The number of aliphatic hydroxyl groups excluding tert-OH is 1. The molecule has 4 nitrogen and oxygen atoms in total. The molecule has 0 aliphatic heterocycles. The Morgan fingerprint density at radius 3 is 2.48 bits per heavy atom. The Hall–Kier alpha value is -0.680. The predicted octanol–water partition coefficient (Wildman–Crippen LogP) is 4.96. The van der Waals surface area contributed by atoms with Gasteiger partial charge in [0.05, 0.1) is 6.10 Å². The fraction of sp³-hybridized carbons (Fsp3) is 0.958. The van der Waals surface area contributed by atoms with Gasteiger partial charge in [-0.25, -0.2) is 0 Å². The van der Waals surface area contributed by atoms with Gasteiger partial charge in [-0.15, -0.1) is 4.48 Å². The van der Waals surface area contributed by atoms with E-state index in [0.717, 1.165) is 51.4 Å². The van der Waals surface area contributed by atoms with Crippen LogP contribution in [0.15, 0.2) is 0 Å². The molecule has 0 radical (unpaired) electrons. The van der Waals surface area contributed by atoms with Crippen molar-refractivity contribution in [3.05, 3.63) is 0 Å². The number of carboxylic acid groups (broad SMARTS) is 1. The van der Waals surface area contributed by atoms with Crippen LogP contribution in [0, 0.1) is 46.3 Å². The van der Waals surface area contributed by atoms with E-state index < -0.39 is 5.97 Å². The molecular formula is C24H40FNO3. The van der Waals surface area contributed by atoms with Crippen molar-refractivity contribution in [1.82, 2.24) is 5.54 Å². The maximum atomic E-state index is 14.1. The molecule has 0 spiro atoms. The van der Waals surface area contributed by atoms with Crippen LogP contribution in [0.4, 0.5) is 4.48 Å². The van der Waals surface area contributed by atoms with Crippen molar-refractivity contribution in [3.63, 3.8) is 0 Å². The Morgan fingerprint density at radius 2 is 1.79 bits per heavy atom. The van der Waals surface area contributed by atoms with Crippen molar-refractivity contribution in [1.29, 1.82) is 0 Å². The van der Waals surface area contributed by atoms with Gasteiger partial charge in [0.2, 0.25) is 0 Å². The van der Waals surface area contributed by atoms with Crippen molar-refractivity contribution in [2.45, 2.75) is 97.1 Å². The molecule has 4 fully saturated rings. The highest BCUT2D eigenvalue weighted by Gasteiger charge is 2.63. The zero-order valence-corrected chi connectivity index (χ0v) is 18.4. The topological polar surface area (TPSA) is 69.6 Å². The van der Waals surface area contributed by atoms with Gasteiger partial charge in [-0.3, -0.25) is 4.79 Å². The first-order chi connectivity index (χ1) is 13.7. The highest BCUT2D eigenvalue weighted by atomic mass is 19.2. The molecule has 4 aliphatic carbocycles. The number of hydrogen-bond donors (Lipinski definition) is 3. The van der Waals surface area contributed by atoms with E-state index in [9.17, 15) is 14.4 Å². The first-order valence-corrected chi connectivity index (χ1v) is 12.0. The monoisotopic (exact) mass is 409 g/mol. The molecule has 4 rings (SSSR count).